The molecular formula is C21H22O5. The van der Waals surface area contributed by atoms with E-state index in [4.69, 9.17) is 18.9 Å². The number of carbonyl (C=O) groups excluding carboxylic acids is 1. The number of ether oxygens (including phenoxy) is 4. The Bertz CT molecular complexity index is 808. The summed E-state index contributed by atoms with van der Waals surface area (Å²) < 4.78 is 21.2. The van der Waals surface area contributed by atoms with Crippen LogP contribution < -0.4 is 18.9 Å². The predicted molar refractivity (Wildman–Crippen MR) is 102 cm³/mol. The normalized spacial score (nSPS) is 10.4. The third-order valence-corrected chi connectivity index (χ3v) is 3.64. The van der Waals surface area contributed by atoms with Gasteiger partial charge in [0.15, 0.2) is 28.8 Å². The van der Waals surface area contributed by atoms with Gasteiger partial charge in [-0.25, -0.2) is 0 Å². The second kappa shape index (κ2) is 9.32. The highest BCUT2D eigenvalue weighted by atomic mass is 16.5. The average molecular weight is 354 g/mol. The first-order chi connectivity index (χ1) is 12.6. The molecule has 0 fully saturated rings. The van der Waals surface area contributed by atoms with E-state index >= 15 is 0 Å². The second-order valence-electron chi connectivity index (χ2n) is 5.28. The molecule has 0 aromatic heterocycles. The van der Waals surface area contributed by atoms with Gasteiger partial charge >= 0.3 is 0 Å². The van der Waals surface area contributed by atoms with E-state index in [2.05, 4.69) is 6.58 Å². The van der Waals surface area contributed by atoms with Crippen LogP contribution in [0.4, 0.5) is 0 Å². The summed E-state index contributed by atoms with van der Waals surface area (Å²) in [6, 6.07) is 10.5. The molecule has 5 heteroatoms. The summed E-state index contributed by atoms with van der Waals surface area (Å²) in [6.45, 7) is 4.01. The predicted octanol–water partition coefficient (Wildman–Crippen LogP) is 4.17. The van der Waals surface area contributed by atoms with Crippen LogP contribution in [0.2, 0.25) is 0 Å². The minimum absolute atomic E-state index is 0.142. The summed E-state index contributed by atoms with van der Waals surface area (Å²) in [6.07, 6.45) is 4.88. The van der Waals surface area contributed by atoms with Crippen molar-refractivity contribution in [2.75, 3.05) is 27.9 Å². The molecule has 0 aliphatic carbocycles. The van der Waals surface area contributed by atoms with E-state index in [0.717, 1.165) is 5.56 Å². The van der Waals surface area contributed by atoms with Crippen LogP contribution in [0.3, 0.4) is 0 Å². The molecule has 0 saturated heterocycles. The van der Waals surface area contributed by atoms with Crippen molar-refractivity contribution in [1.82, 2.24) is 0 Å². The molecule has 2 aromatic carbocycles. The monoisotopic (exact) mass is 354 g/mol. The van der Waals surface area contributed by atoms with Crippen molar-refractivity contribution in [2.45, 2.75) is 0 Å². The van der Waals surface area contributed by atoms with Gasteiger partial charge in [0.25, 0.3) is 0 Å². The van der Waals surface area contributed by atoms with Crippen LogP contribution in [0, 0.1) is 0 Å². The number of carbonyl (C=O) groups is 1. The van der Waals surface area contributed by atoms with Crippen LogP contribution in [0.1, 0.15) is 15.9 Å². The molecule has 136 valence electrons. The molecule has 0 aliphatic heterocycles. The van der Waals surface area contributed by atoms with Gasteiger partial charge in [-0.2, -0.15) is 0 Å². The number of allylic oxidation sites excluding steroid dienone is 1. The van der Waals surface area contributed by atoms with Gasteiger partial charge in [0.2, 0.25) is 0 Å². The Morgan fingerprint density at radius 1 is 0.923 bits per heavy atom. The Morgan fingerprint density at radius 2 is 1.58 bits per heavy atom. The van der Waals surface area contributed by atoms with Gasteiger partial charge in [-0.1, -0.05) is 24.8 Å². The summed E-state index contributed by atoms with van der Waals surface area (Å²) in [5.74, 6) is 2.16. The summed E-state index contributed by atoms with van der Waals surface area (Å²) in [7, 11) is 4.65. The van der Waals surface area contributed by atoms with Crippen molar-refractivity contribution in [3.63, 3.8) is 0 Å². The summed E-state index contributed by atoms with van der Waals surface area (Å²) in [5, 5.41) is 0. The zero-order valence-electron chi connectivity index (χ0n) is 15.2. The van der Waals surface area contributed by atoms with Gasteiger partial charge in [0.05, 0.1) is 21.3 Å². The molecule has 0 atom stereocenters. The lowest BCUT2D eigenvalue weighted by atomic mass is 10.1. The first-order valence-corrected chi connectivity index (χ1v) is 7.99. The SMILES string of the molecule is C=CCOc1ccc(/C=C/C(=O)c2ccc(OC)c(OC)c2)cc1OC. The van der Waals surface area contributed by atoms with Crippen LogP contribution in [0.25, 0.3) is 6.08 Å². The van der Waals surface area contributed by atoms with Crippen LogP contribution in [-0.4, -0.2) is 33.7 Å². The molecule has 0 radical (unpaired) electrons. The molecule has 5 nitrogen and oxygen atoms in total. The maximum absolute atomic E-state index is 12.4. The fraction of sp³-hybridized carbons (Fsp3) is 0.190. The van der Waals surface area contributed by atoms with Crippen LogP contribution >= 0.6 is 0 Å². The topological polar surface area (TPSA) is 54.0 Å². The number of benzene rings is 2. The van der Waals surface area contributed by atoms with Crippen LogP contribution in [-0.2, 0) is 0 Å². The first-order valence-electron chi connectivity index (χ1n) is 7.99. The lowest BCUT2D eigenvalue weighted by Crippen LogP contribution is -1.98. The molecule has 0 N–H and O–H groups in total. The Kier molecular flexibility index (Phi) is 6.85. The number of hydrogen-bond donors (Lipinski definition) is 0. The smallest absolute Gasteiger partial charge is 0.185 e. The van der Waals surface area contributed by atoms with Gasteiger partial charge in [0.1, 0.15) is 6.61 Å². The van der Waals surface area contributed by atoms with Gasteiger partial charge in [-0.15, -0.1) is 0 Å². The van der Waals surface area contributed by atoms with E-state index < -0.39 is 0 Å². The Balaban J connectivity index is 2.18. The van der Waals surface area contributed by atoms with Gasteiger partial charge < -0.3 is 18.9 Å². The molecule has 0 unspecified atom stereocenters. The quantitative estimate of drug-likeness (QED) is 0.384. The lowest BCUT2D eigenvalue weighted by Gasteiger charge is -2.10. The van der Waals surface area contributed by atoms with Crippen molar-refractivity contribution < 1.29 is 23.7 Å². The van der Waals surface area contributed by atoms with E-state index in [0.29, 0.717) is 35.2 Å². The number of ketones is 1. The van der Waals surface area contributed by atoms with Gasteiger partial charge in [0, 0.05) is 5.56 Å². The highest BCUT2D eigenvalue weighted by Gasteiger charge is 2.09. The Labute approximate surface area is 153 Å². The van der Waals surface area contributed by atoms with Crippen molar-refractivity contribution in [1.29, 1.82) is 0 Å². The standard InChI is InChI=1S/C21H22O5/c1-5-12-26-19-10-7-15(13-20(19)24-3)6-9-17(22)16-8-11-18(23-2)21(14-16)25-4/h5-11,13-14H,1,12H2,2-4H3/b9-6+. The van der Waals surface area contributed by atoms with Crippen molar-refractivity contribution in [3.8, 4) is 23.0 Å². The Hall–Kier alpha value is -3.21. The zero-order chi connectivity index (χ0) is 18.9. The van der Waals surface area contributed by atoms with E-state index in [1.54, 1.807) is 56.7 Å². The van der Waals surface area contributed by atoms with E-state index in [-0.39, 0.29) is 5.78 Å². The van der Waals surface area contributed by atoms with E-state index in [9.17, 15) is 4.79 Å². The van der Waals surface area contributed by atoms with Gasteiger partial charge in [-0.05, 0) is 42.0 Å². The lowest BCUT2D eigenvalue weighted by molar-refractivity contribution is 0.104. The third kappa shape index (κ3) is 4.66. The molecule has 0 saturated carbocycles. The van der Waals surface area contributed by atoms with Crippen molar-refractivity contribution in [2.24, 2.45) is 0 Å². The molecule has 2 aromatic rings. The Morgan fingerprint density at radius 3 is 2.23 bits per heavy atom. The summed E-state index contributed by atoms with van der Waals surface area (Å²) >= 11 is 0. The maximum atomic E-state index is 12.4. The maximum Gasteiger partial charge on any atom is 0.185 e. The van der Waals surface area contributed by atoms with Crippen molar-refractivity contribution >= 4 is 11.9 Å². The fourth-order valence-electron chi connectivity index (χ4n) is 2.31. The number of rotatable bonds is 9. The fourth-order valence-corrected chi connectivity index (χ4v) is 2.31. The highest BCUT2D eigenvalue weighted by molar-refractivity contribution is 6.07. The molecular weight excluding hydrogens is 332 g/mol. The van der Waals surface area contributed by atoms with Crippen LogP contribution in [0.15, 0.2) is 55.1 Å². The van der Waals surface area contributed by atoms with Gasteiger partial charge in [-0.3, -0.25) is 4.79 Å². The molecule has 0 amide bonds. The summed E-state index contributed by atoms with van der Waals surface area (Å²) in [5.41, 5.74) is 1.33. The molecule has 0 bridgehead atoms. The minimum atomic E-state index is -0.142. The van der Waals surface area contributed by atoms with E-state index in [1.165, 1.54) is 13.2 Å². The molecule has 26 heavy (non-hydrogen) atoms. The molecule has 0 spiro atoms. The number of methoxy groups -OCH3 is 3. The van der Waals surface area contributed by atoms with Crippen molar-refractivity contribution in [3.05, 3.63) is 66.3 Å². The highest BCUT2D eigenvalue weighted by Crippen LogP contribution is 2.29. The zero-order valence-corrected chi connectivity index (χ0v) is 15.2. The number of hydrogen-bond acceptors (Lipinski definition) is 5. The van der Waals surface area contributed by atoms with Crippen LogP contribution in [0.5, 0.6) is 23.0 Å². The average Bonchev–Trinajstić information content (AvgIpc) is 2.69. The largest absolute Gasteiger partial charge is 0.493 e. The molecule has 2 rings (SSSR count). The minimum Gasteiger partial charge on any atom is -0.493 e. The third-order valence-electron chi connectivity index (χ3n) is 3.64. The second-order valence-corrected chi connectivity index (χ2v) is 5.28. The molecule has 0 heterocycles. The summed E-state index contributed by atoms with van der Waals surface area (Å²) in [4.78, 5) is 12.4. The molecule has 0 aliphatic rings. The van der Waals surface area contributed by atoms with E-state index in [1.807, 2.05) is 6.07 Å². The first kappa shape index (κ1) is 19.1.